The van der Waals surface area contributed by atoms with Crippen molar-refractivity contribution in [3.8, 4) is 0 Å². The molecule has 22 heavy (non-hydrogen) atoms. The number of hydrogen-bond donors (Lipinski definition) is 2. The number of carbonyl (C=O) groups excluding carboxylic acids is 1. The maximum Gasteiger partial charge on any atom is 0.223 e. The van der Waals surface area contributed by atoms with Gasteiger partial charge in [0.05, 0.1) is 12.7 Å². The average Bonchev–Trinajstić information content (AvgIpc) is 3.07. The number of nitrogens with zero attached hydrogens (tertiary/aromatic N) is 4. The van der Waals surface area contributed by atoms with Crippen LogP contribution in [0.1, 0.15) is 24.1 Å². The van der Waals surface area contributed by atoms with Crippen LogP contribution in [0.5, 0.6) is 0 Å². The second-order valence-corrected chi connectivity index (χ2v) is 5.63. The molecule has 0 atom stereocenters. The molecule has 3 rings (SSSR count). The number of piperidine rings is 1. The lowest BCUT2D eigenvalue weighted by atomic mass is 9.96. The highest BCUT2D eigenvalue weighted by Gasteiger charge is 2.25. The average molecular weight is 300 g/mol. The molecular weight excluding hydrogens is 280 g/mol. The molecule has 2 aromatic heterocycles. The van der Waals surface area contributed by atoms with Crippen LogP contribution in [0.25, 0.3) is 0 Å². The van der Waals surface area contributed by atoms with Crippen molar-refractivity contribution in [1.82, 2.24) is 25.7 Å². The molecule has 1 amide bonds. The van der Waals surface area contributed by atoms with Crippen molar-refractivity contribution in [3.63, 3.8) is 0 Å². The van der Waals surface area contributed by atoms with Crippen LogP contribution >= 0.6 is 0 Å². The van der Waals surface area contributed by atoms with Crippen LogP contribution in [-0.4, -0.2) is 39.4 Å². The minimum absolute atomic E-state index is 0.0635. The van der Waals surface area contributed by atoms with E-state index in [0.29, 0.717) is 6.54 Å². The number of nitrogens with one attached hydrogen (secondary N) is 2. The van der Waals surface area contributed by atoms with Crippen molar-refractivity contribution in [2.45, 2.75) is 26.3 Å². The molecule has 7 heteroatoms. The molecule has 0 saturated carbocycles. The van der Waals surface area contributed by atoms with Gasteiger partial charge in [-0.2, -0.15) is 15.4 Å². The summed E-state index contributed by atoms with van der Waals surface area (Å²) < 4.78 is 0. The molecule has 1 aliphatic heterocycles. The zero-order chi connectivity index (χ0) is 15.4. The first-order valence-electron chi connectivity index (χ1n) is 7.52. The summed E-state index contributed by atoms with van der Waals surface area (Å²) in [5.74, 6) is 1.15. The van der Waals surface area contributed by atoms with E-state index < -0.39 is 0 Å². The number of aryl methyl sites for hydroxylation is 1. The molecule has 116 valence electrons. The molecule has 7 nitrogen and oxygen atoms in total. The standard InChI is InChI=1S/C15H20N6O/c1-11-2-3-14(16-8-11)21-6-4-12(5-7-21)15(22)17-9-13-10-18-20-19-13/h2-3,8,10,12H,4-7,9H2,1H3,(H,17,22)(H,18,19,20). The first-order valence-corrected chi connectivity index (χ1v) is 7.52. The summed E-state index contributed by atoms with van der Waals surface area (Å²) in [6, 6.07) is 4.11. The summed E-state index contributed by atoms with van der Waals surface area (Å²) in [5.41, 5.74) is 1.90. The molecule has 0 aromatic carbocycles. The largest absolute Gasteiger partial charge is 0.357 e. The lowest BCUT2D eigenvalue weighted by molar-refractivity contribution is -0.125. The fourth-order valence-electron chi connectivity index (χ4n) is 2.65. The second-order valence-electron chi connectivity index (χ2n) is 5.63. The number of anilines is 1. The minimum Gasteiger partial charge on any atom is -0.357 e. The van der Waals surface area contributed by atoms with Gasteiger partial charge in [0.15, 0.2) is 0 Å². The van der Waals surface area contributed by atoms with Gasteiger partial charge in [-0.1, -0.05) is 6.07 Å². The van der Waals surface area contributed by atoms with Crippen molar-refractivity contribution in [1.29, 1.82) is 0 Å². The molecule has 1 aliphatic rings. The zero-order valence-electron chi connectivity index (χ0n) is 12.6. The van der Waals surface area contributed by atoms with Crippen molar-refractivity contribution >= 4 is 11.7 Å². The van der Waals surface area contributed by atoms with E-state index in [1.54, 1.807) is 6.20 Å². The Kier molecular flexibility index (Phi) is 4.32. The number of H-pyrrole nitrogens is 1. The number of rotatable bonds is 4. The smallest absolute Gasteiger partial charge is 0.223 e. The van der Waals surface area contributed by atoms with Crippen LogP contribution in [0.15, 0.2) is 24.5 Å². The van der Waals surface area contributed by atoms with E-state index in [1.165, 1.54) is 0 Å². The Morgan fingerprint density at radius 3 is 2.82 bits per heavy atom. The van der Waals surface area contributed by atoms with Crippen molar-refractivity contribution < 1.29 is 4.79 Å². The van der Waals surface area contributed by atoms with Crippen LogP contribution in [0, 0.1) is 12.8 Å². The second kappa shape index (κ2) is 6.55. The normalized spacial score (nSPS) is 15.8. The van der Waals surface area contributed by atoms with Gasteiger partial charge in [-0.15, -0.1) is 0 Å². The van der Waals surface area contributed by atoms with E-state index in [2.05, 4.69) is 36.7 Å². The minimum atomic E-state index is 0.0635. The summed E-state index contributed by atoms with van der Waals surface area (Å²) in [7, 11) is 0. The number of amides is 1. The maximum atomic E-state index is 12.2. The first kappa shape index (κ1) is 14.5. The van der Waals surface area contributed by atoms with E-state index in [0.717, 1.165) is 43.0 Å². The van der Waals surface area contributed by atoms with Gasteiger partial charge in [0.25, 0.3) is 0 Å². The van der Waals surface area contributed by atoms with Crippen molar-refractivity contribution in [2.75, 3.05) is 18.0 Å². The predicted molar refractivity (Wildman–Crippen MR) is 82.1 cm³/mol. The van der Waals surface area contributed by atoms with Gasteiger partial charge in [0.2, 0.25) is 5.91 Å². The Balaban J connectivity index is 1.48. The Labute approximate surface area is 129 Å². The van der Waals surface area contributed by atoms with E-state index >= 15 is 0 Å². The van der Waals surface area contributed by atoms with E-state index in [4.69, 9.17) is 0 Å². The SMILES string of the molecule is Cc1ccc(N2CCC(C(=O)NCc3cn[nH]n3)CC2)nc1. The van der Waals surface area contributed by atoms with Crippen molar-refractivity contribution in [2.24, 2.45) is 5.92 Å². The highest BCUT2D eigenvalue weighted by Crippen LogP contribution is 2.22. The third kappa shape index (κ3) is 3.41. The molecule has 0 spiro atoms. The van der Waals surface area contributed by atoms with Gasteiger partial charge in [0, 0.05) is 25.2 Å². The molecule has 2 N–H and O–H groups in total. The third-order valence-corrected chi connectivity index (χ3v) is 3.99. The summed E-state index contributed by atoms with van der Waals surface area (Å²) in [6.07, 6.45) is 5.19. The van der Waals surface area contributed by atoms with Crippen LogP contribution in [0.2, 0.25) is 0 Å². The summed E-state index contributed by atoms with van der Waals surface area (Å²) in [6.45, 7) is 4.17. The summed E-state index contributed by atoms with van der Waals surface area (Å²) >= 11 is 0. The molecular formula is C15H20N6O. The molecule has 1 saturated heterocycles. The molecule has 1 fully saturated rings. The molecule has 0 aliphatic carbocycles. The van der Waals surface area contributed by atoms with Gasteiger partial charge in [-0.3, -0.25) is 4.79 Å². The Morgan fingerprint density at radius 2 is 2.18 bits per heavy atom. The number of aromatic nitrogens is 4. The summed E-state index contributed by atoms with van der Waals surface area (Å²) in [5, 5.41) is 13.1. The molecule has 2 aromatic rings. The lowest BCUT2D eigenvalue weighted by Gasteiger charge is -2.32. The first-order chi connectivity index (χ1) is 10.7. The molecule has 3 heterocycles. The third-order valence-electron chi connectivity index (χ3n) is 3.99. The van der Waals surface area contributed by atoms with Gasteiger partial charge < -0.3 is 10.2 Å². The van der Waals surface area contributed by atoms with Gasteiger partial charge in [-0.05, 0) is 31.4 Å². The van der Waals surface area contributed by atoms with Gasteiger partial charge in [-0.25, -0.2) is 4.98 Å². The number of hydrogen-bond acceptors (Lipinski definition) is 5. The Morgan fingerprint density at radius 1 is 1.36 bits per heavy atom. The van der Waals surface area contributed by atoms with Crippen molar-refractivity contribution in [3.05, 3.63) is 35.8 Å². The lowest BCUT2D eigenvalue weighted by Crippen LogP contribution is -2.40. The summed E-state index contributed by atoms with van der Waals surface area (Å²) in [4.78, 5) is 18.9. The molecule has 0 unspecified atom stereocenters. The quantitative estimate of drug-likeness (QED) is 0.881. The van der Waals surface area contributed by atoms with Crippen LogP contribution in [-0.2, 0) is 11.3 Å². The number of pyridine rings is 1. The highest BCUT2D eigenvalue weighted by atomic mass is 16.1. The number of aromatic amines is 1. The fraction of sp³-hybridized carbons (Fsp3) is 0.467. The van der Waals surface area contributed by atoms with Crippen LogP contribution < -0.4 is 10.2 Å². The maximum absolute atomic E-state index is 12.2. The fourth-order valence-corrected chi connectivity index (χ4v) is 2.65. The van der Waals surface area contributed by atoms with Gasteiger partial charge in [0.1, 0.15) is 11.5 Å². The van der Waals surface area contributed by atoms with E-state index in [9.17, 15) is 4.79 Å². The van der Waals surface area contributed by atoms with Crippen LogP contribution in [0.3, 0.4) is 0 Å². The number of carbonyl (C=O) groups is 1. The Bertz CT molecular complexity index is 601. The highest BCUT2D eigenvalue weighted by molar-refractivity contribution is 5.78. The van der Waals surface area contributed by atoms with Gasteiger partial charge >= 0.3 is 0 Å². The van der Waals surface area contributed by atoms with E-state index in [-0.39, 0.29) is 11.8 Å². The molecule has 0 radical (unpaired) electrons. The van der Waals surface area contributed by atoms with E-state index in [1.807, 2.05) is 19.2 Å². The Hall–Kier alpha value is -2.44. The zero-order valence-corrected chi connectivity index (χ0v) is 12.6. The monoisotopic (exact) mass is 300 g/mol. The topological polar surface area (TPSA) is 86.8 Å². The van der Waals surface area contributed by atoms with Crippen LogP contribution in [0.4, 0.5) is 5.82 Å². The predicted octanol–water partition coefficient (Wildman–Crippen LogP) is 1.04. The molecule has 0 bridgehead atoms.